The molecule has 0 unspecified atom stereocenters. The van der Waals surface area contributed by atoms with Gasteiger partial charge in [0.25, 0.3) is 0 Å². The molecule has 0 saturated carbocycles. The molecule has 0 fully saturated rings. The van der Waals surface area contributed by atoms with Crippen molar-refractivity contribution in [1.29, 1.82) is 0 Å². The Balaban J connectivity index is 2.27. The van der Waals surface area contributed by atoms with Crippen LogP contribution < -0.4 is 5.32 Å². The largest absolute Gasteiger partial charge is 0.328 e. The van der Waals surface area contributed by atoms with Crippen molar-refractivity contribution in [3.8, 4) is 12.3 Å². The van der Waals surface area contributed by atoms with E-state index in [4.69, 9.17) is 6.42 Å². The number of anilines is 1. The van der Waals surface area contributed by atoms with Crippen LogP contribution in [0.5, 0.6) is 0 Å². The topological polar surface area (TPSA) is 49.4 Å². The summed E-state index contributed by atoms with van der Waals surface area (Å²) in [6, 6.07) is 7.43. The molecule has 1 aliphatic rings. The van der Waals surface area contributed by atoms with Crippen LogP contribution in [0.3, 0.4) is 0 Å². The molecular formula is C13H12N2O2. The number of rotatable bonds is 1. The molecule has 1 heterocycles. The van der Waals surface area contributed by atoms with Gasteiger partial charge in [0, 0.05) is 12.2 Å². The lowest BCUT2D eigenvalue weighted by Gasteiger charge is -2.18. The first-order valence-electron chi connectivity index (χ1n) is 5.29. The highest BCUT2D eigenvalue weighted by Crippen LogP contribution is 2.20. The molecule has 4 heteroatoms. The number of terminal acetylenes is 1. The standard InChI is InChI=1S/C13H12N2O2/c1-2-5-13(17)15-8-10-6-3-4-7-11(10)14-12(16)9-15/h1,3-4,6-7H,5,8-9H2,(H,14,16). The summed E-state index contributed by atoms with van der Waals surface area (Å²) in [5, 5.41) is 2.76. The van der Waals surface area contributed by atoms with Crippen molar-refractivity contribution >= 4 is 17.5 Å². The third-order valence-corrected chi connectivity index (χ3v) is 2.59. The normalized spacial score (nSPS) is 14.3. The Kier molecular flexibility index (Phi) is 3.10. The molecule has 1 aliphatic heterocycles. The number of nitrogens with zero attached hydrogens (tertiary/aromatic N) is 1. The van der Waals surface area contributed by atoms with Gasteiger partial charge in [-0.25, -0.2) is 0 Å². The van der Waals surface area contributed by atoms with Crippen molar-refractivity contribution in [3.63, 3.8) is 0 Å². The van der Waals surface area contributed by atoms with E-state index in [-0.39, 0.29) is 24.8 Å². The van der Waals surface area contributed by atoms with Crippen LogP contribution in [-0.2, 0) is 16.1 Å². The fourth-order valence-corrected chi connectivity index (χ4v) is 1.78. The van der Waals surface area contributed by atoms with Gasteiger partial charge in [0.2, 0.25) is 11.8 Å². The number of fused-ring (bicyclic) bond motifs is 1. The first-order chi connectivity index (χ1) is 8.20. The zero-order valence-electron chi connectivity index (χ0n) is 9.27. The molecule has 4 nitrogen and oxygen atoms in total. The van der Waals surface area contributed by atoms with E-state index in [1.165, 1.54) is 4.90 Å². The molecule has 2 amide bonds. The number of para-hydroxylation sites is 1. The predicted molar refractivity (Wildman–Crippen MR) is 63.9 cm³/mol. The average molecular weight is 228 g/mol. The summed E-state index contributed by atoms with van der Waals surface area (Å²) in [7, 11) is 0. The fraction of sp³-hybridized carbons (Fsp3) is 0.231. The van der Waals surface area contributed by atoms with Crippen LogP contribution in [0, 0.1) is 12.3 Å². The van der Waals surface area contributed by atoms with Gasteiger partial charge in [-0.15, -0.1) is 6.42 Å². The predicted octanol–water partition coefficient (Wildman–Crippen LogP) is 0.991. The van der Waals surface area contributed by atoms with Gasteiger partial charge in [-0.1, -0.05) is 24.1 Å². The van der Waals surface area contributed by atoms with Crippen molar-refractivity contribution < 1.29 is 9.59 Å². The molecule has 2 rings (SSSR count). The Morgan fingerprint density at radius 2 is 2.18 bits per heavy atom. The third kappa shape index (κ3) is 2.45. The van der Waals surface area contributed by atoms with Gasteiger partial charge in [-0.3, -0.25) is 9.59 Å². The maximum Gasteiger partial charge on any atom is 0.244 e. The molecule has 0 spiro atoms. The molecule has 17 heavy (non-hydrogen) atoms. The maximum atomic E-state index is 11.7. The molecule has 0 atom stereocenters. The van der Waals surface area contributed by atoms with Crippen LogP contribution in [0.2, 0.25) is 0 Å². The highest BCUT2D eigenvalue weighted by Gasteiger charge is 2.21. The Morgan fingerprint density at radius 3 is 2.94 bits per heavy atom. The van der Waals surface area contributed by atoms with E-state index < -0.39 is 0 Å². The molecular weight excluding hydrogens is 216 g/mol. The third-order valence-electron chi connectivity index (χ3n) is 2.59. The highest BCUT2D eigenvalue weighted by molar-refractivity contribution is 5.96. The number of nitrogens with one attached hydrogen (secondary N) is 1. The van der Waals surface area contributed by atoms with E-state index in [1.54, 1.807) is 0 Å². The van der Waals surface area contributed by atoms with Gasteiger partial charge in [0.15, 0.2) is 0 Å². The van der Waals surface area contributed by atoms with E-state index in [0.717, 1.165) is 11.3 Å². The lowest BCUT2D eigenvalue weighted by Crippen LogP contribution is -2.34. The monoisotopic (exact) mass is 228 g/mol. The van der Waals surface area contributed by atoms with Crippen molar-refractivity contribution in [2.45, 2.75) is 13.0 Å². The van der Waals surface area contributed by atoms with Crippen LogP contribution in [0.1, 0.15) is 12.0 Å². The summed E-state index contributed by atoms with van der Waals surface area (Å²) in [6.45, 7) is 0.463. The molecule has 0 bridgehead atoms. The number of hydrogen-bond acceptors (Lipinski definition) is 2. The second-order valence-corrected chi connectivity index (χ2v) is 3.84. The molecule has 1 aromatic rings. The van der Waals surface area contributed by atoms with Crippen LogP contribution in [0.15, 0.2) is 24.3 Å². The first kappa shape index (κ1) is 11.2. The molecule has 0 aromatic heterocycles. The number of hydrogen-bond donors (Lipinski definition) is 1. The minimum absolute atomic E-state index is 0.0233. The summed E-state index contributed by atoms with van der Waals surface area (Å²) in [5.41, 5.74) is 1.68. The molecule has 0 saturated heterocycles. The first-order valence-corrected chi connectivity index (χ1v) is 5.29. The molecule has 0 aliphatic carbocycles. The van der Waals surface area contributed by atoms with Crippen molar-refractivity contribution in [2.24, 2.45) is 0 Å². The number of benzene rings is 1. The van der Waals surface area contributed by atoms with Gasteiger partial charge >= 0.3 is 0 Å². The summed E-state index contributed by atoms with van der Waals surface area (Å²) < 4.78 is 0. The minimum Gasteiger partial charge on any atom is -0.328 e. The zero-order valence-corrected chi connectivity index (χ0v) is 9.27. The maximum absolute atomic E-state index is 11.7. The van der Waals surface area contributed by atoms with Gasteiger partial charge in [-0.2, -0.15) is 0 Å². The highest BCUT2D eigenvalue weighted by atomic mass is 16.2. The second-order valence-electron chi connectivity index (χ2n) is 3.84. The van der Waals surface area contributed by atoms with Gasteiger partial charge in [-0.05, 0) is 11.6 Å². The van der Waals surface area contributed by atoms with E-state index in [1.807, 2.05) is 24.3 Å². The zero-order chi connectivity index (χ0) is 12.3. The van der Waals surface area contributed by atoms with Crippen LogP contribution >= 0.6 is 0 Å². The Bertz CT molecular complexity index is 502. The molecule has 0 radical (unpaired) electrons. The van der Waals surface area contributed by atoms with Crippen LogP contribution in [0.25, 0.3) is 0 Å². The number of carbonyl (C=O) groups excluding carboxylic acids is 2. The van der Waals surface area contributed by atoms with Crippen LogP contribution in [-0.4, -0.2) is 23.3 Å². The van der Waals surface area contributed by atoms with Crippen molar-refractivity contribution in [1.82, 2.24) is 4.90 Å². The average Bonchev–Trinajstić information content (AvgIpc) is 2.47. The molecule has 1 aromatic carbocycles. The molecule has 86 valence electrons. The van der Waals surface area contributed by atoms with Crippen LogP contribution in [0.4, 0.5) is 5.69 Å². The molecule has 1 N–H and O–H groups in total. The Labute approximate surface area is 99.6 Å². The van der Waals surface area contributed by atoms with E-state index in [0.29, 0.717) is 6.54 Å². The summed E-state index contributed by atoms with van der Waals surface area (Å²) in [4.78, 5) is 24.8. The van der Waals surface area contributed by atoms with Crippen molar-refractivity contribution in [3.05, 3.63) is 29.8 Å². The summed E-state index contributed by atoms with van der Waals surface area (Å²) in [6.07, 6.45) is 5.13. The minimum atomic E-state index is -0.195. The lowest BCUT2D eigenvalue weighted by atomic mass is 10.1. The fourth-order valence-electron chi connectivity index (χ4n) is 1.78. The number of carbonyl (C=O) groups is 2. The van der Waals surface area contributed by atoms with Crippen molar-refractivity contribution in [2.75, 3.05) is 11.9 Å². The van der Waals surface area contributed by atoms with E-state index >= 15 is 0 Å². The SMILES string of the molecule is C#CCC(=O)N1CC(=O)Nc2ccccc2C1. The quantitative estimate of drug-likeness (QED) is 0.729. The smallest absolute Gasteiger partial charge is 0.244 e. The van der Waals surface area contributed by atoms with Gasteiger partial charge in [0.1, 0.15) is 6.54 Å². The van der Waals surface area contributed by atoms with E-state index in [2.05, 4.69) is 11.2 Å². The van der Waals surface area contributed by atoms with Gasteiger partial charge in [0.05, 0.1) is 6.42 Å². The lowest BCUT2D eigenvalue weighted by molar-refractivity contribution is -0.134. The Hall–Kier alpha value is -2.28. The Morgan fingerprint density at radius 1 is 1.41 bits per heavy atom. The van der Waals surface area contributed by atoms with E-state index in [9.17, 15) is 9.59 Å². The summed E-state index contributed by atoms with van der Waals surface area (Å²) in [5.74, 6) is 1.91. The number of amides is 2. The summed E-state index contributed by atoms with van der Waals surface area (Å²) >= 11 is 0. The second kappa shape index (κ2) is 4.71. The van der Waals surface area contributed by atoms with Gasteiger partial charge < -0.3 is 10.2 Å².